The zero-order valence-corrected chi connectivity index (χ0v) is 9.01. The molecular weight excluding hydrogens is 180 g/mol. The Hall–Kier alpha value is -1.01. The zero-order chi connectivity index (χ0) is 10.6. The fourth-order valence-corrected chi connectivity index (χ4v) is 1.13. The Balaban J connectivity index is 2.30. The third kappa shape index (κ3) is 3.80. The first-order valence-corrected chi connectivity index (χ1v) is 4.75. The van der Waals surface area contributed by atoms with Crippen molar-refractivity contribution in [2.75, 3.05) is 13.6 Å². The van der Waals surface area contributed by atoms with Crippen LogP contribution in [-0.4, -0.2) is 44.7 Å². The third-order valence-corrected chi connectivity index (χ3v) is 1.93. The minimum absolute atomic E-state index is 0.243. The van der Waals surface area contributed by atoms with E-state index in [1.165, 1.54) is 4.80 Å². The van der Waals surface area contributed by atoms with Crippen LogP contribution >= 0.6 is 0 Å². The molecule has 0 aliphatic heterocycles. The van der Waals surface area contributed by atoms with Gasteiger partial charge in [0.2, 0.25) is 0 Å². The number of rotatable bonds is 5. The van der Waals surface area contributed by atoms with Gasteiger partial charge in [-0.3, -0.25) is 4.90 Å². The second kappa shape index (κ2) is 5.02. The van der Waals surface area contributed by atoms with Crippen molar-refractivity contribution < 1.29 is 0 Å². The Bertz CT molecular complexity index is 269. The van der Waals surface area contributed by atoms with E-state index in [9.17, 15) is 0 Å². The topological polar surface area (TPSA) is 72.9 Å². The number of nitrogens with two attached hydrogens (primary N) is 1. The molecule has 6 heteroatoms. The summed E-state index contributed by atoms with van der Waals surface area (Å²) in [6.07, 6.45) is 0.983. The Labute approximate surface area is 84.1 Å². The van der Waals surface area contributed by atoms with Crippen molar-refractivity contribution in [2.24, 2.45) is 12.8 Å². The average Bonchev–Trinajstić information content (AvgIpc) is 2.48. The van der Waals surface area contributed by atoms with Gasteiger partial charge in [0, 0.05) is 6.04 Å². The molecule has 0 aromatic carbocycles. The molecule has 6 nitrogen and oxygen atoms in total. The molecule has 1 unspecified atom stereocenters. The fourth-order valence-electron chi connectivity index (χ4n) is 1.13. The summed E-state index contributed by atoms with van der Waals surface area (Å²) in [5.74, 6) is 0.750. The maximum atomic E-state index is 5.66. The van der Waals surface area contributed by atoms with Gasteiger partial charge in [0.25, 0.3) is 0 Å². The van der Waals surface area contributed by atoms with E-state index in [0.717, 1.165) is 25.3 Å². The molecule has 1 aromatic heterocycles. The van der Waals surface area contributed by atoms with Gasteiger partial charge in [0.1, 0.15) is 0 Å². The smallest absolute Gasteiger partial charge is 0.188 e. The van der Waals surface area contributed by atoms with Gasteiger partial charge in [0.15, 0.2) is 5.82 Å². The van der Waals surface area contributed by atoms with Gasteiger partial charge in [-0.25, -0.2) is 0 Å². The van der Waals surface area contributed by atoms with Crippen LogP contribution in [0.4, 0.5) is 0 Å². The number of nitrogens with zero attached hydrogens (tertiary/aromatic N) is 5. The van der Waals surface area contributed by atoms with Gasteiger partial charge in [-0.05, 0) is 32.2 Å². The number of hydrogen-bond donors (Lipinski definition) is 1. The van der Waals surface area contributed by atoms with Crippen LogP contribution in [0.15, 0.2) is 0 Å². The first-order valence-electron chi connectivity index (χ1n) is 4.75. The highest BCUT2D eigenvalue weighted by Gasteiger charge is 2.05. The lowest BCUT2D eigenvalue weighted by atomic mass is 10.2. The van der Waals surface area contributed by atoms with E-state index < -0.39 is 0 Å². The molecule has 0 saturated carbocycles. The predicted octanol–water partition coefficient (Wildman–Crippen LogP) is -0.621. The molecule has 1 aromatic rings. The van der Waals surface area contributed by atoms with Crippen LogP contribution in [0.1, 0.15) is 19.2 Å². The van der Waals surface area contributed by atoms with Gasteiger partial charge in [0.05, 0.1) is 13.6 Å². The zero-order valence-electron chi connectivity index (χ0n) is 9.01. The molecule has 0 saturated heterocycles. The van der Waals surface area contributed by atoms with Crippen molar-refractivity contribution in [3.8, 4) is 0 Å². The fraction of sp³-hybridized carbons (Fsp3) is 0.875. The molecule has 1 atom stereocenters. The minimum atomic E-state index is 0.243. The molecular formula is C8H18N6. The first-order chi connectivity index (χ1) is 6.58. The third-order valence-electron chi connectivity index (χ3n) is 1.93. The van der Waals surface area contributed by atoms with Crippen molar-refractivity contribution in [3.63, 3.8) is 0 Å². The van der Waals surface area contributed by atoms with E-state index in [2.05, 4.69) is 20.3 Å². The highest BCUT2D eigenvalue weighted by atomic mass is 15.6. The average molecular weight is 198 g/mol. The van der Waals surface area contributed by atoms with Crippen molar-refractivity contribution >= 4 is 0 Å². The van der Waals surface area contributed by atoms with Crippen molar-refractivity contribution in [1.82, 2.24) is 25.1 Å². The summed E-state index contributed by atoms with van der Waals surface area (Å²) in [6, 6.07) is 0.243. The SMILES string of the molecule is CC(N)CCN(C)Cc1nnn(C)n1. The maximum Gasteiger partial charge on any atom is 0.188 e. The summed E-state index contributed by atoms with van der Waals surface area (Å²) in [5.41, 5.74) is 5.66. The largest absolute Gasteiger partial charge is 0.328 e. The number of hydrogen-bond acceptors (Lipinski definition) is 5. The highest BCUT2D eigenvalue weighted by Crippen LogP contribution is 1.96. The maximum absolute atomic E-state index is 5.66. The van der Waals surface area contributed by atoms with Gasteiger partial charge in [-0.1, -0.05) is 0 Å². The second-order valence-electron chi connectivity index (χ2n) is 3.70. The van der Waals surface area contributed by atoms with Crippen LogP contribution in [0.25, 0.3) is 0 Å². The van der Waals surface area contributed by atoms with Crippen LogP contribution in [0, 0.1) is 0 Å². The monoisotopic (exact) mass is 198 g/mol. The molecule has 1 heterocycles. The van der Waals surface area contributed by atoms with E-state index >= 15 is 0 Å². The normalized spacial score (nSPS) is 13.5. The molecule has 0 aliphatic carbocycles. The minimum Gasteiger partial charge on any atom is -0.328 e. The summed E-state index contributed by atoms with van der Waals surface area (Å²) in [6.45, 7) is 3.69. The van der Waals surface area contributed by atoms with E-state index in [0.29, 0.717) is 0 Å². The summed E-state index contributed by atoms with van der Waals surface area (Å²) in [7, 11) is 3.79. The first kappa shape index (κ1) is 11.1. The molecule has 0 spiro atoms. The van der Waals surface area contributed by atoms with Crippen LogP contribution in [0.5, 0.6) is 0 Å². The lowest BCUT2D eigenvalue weighted by molar-refractivity contribution is 0.305. The molecule has 2 N–H and O–H groups in total. The summed E-state index contributed by atoms with van der Waals surface area (Å²) in [4.78, 5) is 3.61. The van der Waals surface area contributed by atoms with E-state index in [4.69, 9.17) is 5.73 Å². The summed E-state index contributed by atoms with van der Waals surface area (Å²) >= 11 is 0. The van der Waals surface area contributed by atoms with Crippen LogP contribution in [0.2, 0.25) is 0 Å². The standard InChI is InChI=1S/C8H18N6/c1-7(9)4-5-13(2)6-8-10-12-14(3)11-8/h7H,4-6,9H2,1-3H3. The Morgan fingerprint density at radius 1 is 1.57 bits per heavy atom. The van der Waals surface area contributed by atoms with Crippen molar-refractivity contribution in [2.45, 2.75) is 25.9 Å². The molecule has 80 valence electrons. The lowest BCUT2D eigenvalue weighted by Gasteiger charge is -2.15. The van der Waals surface area contributed by atoms with Crippen LogP contribution in [0.3, 0.4) is 0 Å². The number of aryl methyl sites for hydroxylation is 1. The van der Waals surface area contributed by atoms with Gasteiger partial charge in [-0.15, -0.1) is 10.2 Å². The Morgan fingerprint density at radius 2 is 2.29 bits per heavy atom. The molecule has 0 radical (unpaired) electrons. The Morgan fingerprint density at radius 3 is 2.79 bits per heavy atom. The molecule has 0 aliphatic rings. The lowest BCUT2D eigenvalue weighted by Crippen LogP contribution is -2.26. The van der Waals surface area contributed by atoms with Gasteiger partial charge < -0.3 is 5.73 Å². The molecule has 0 amide bonds. The quantitative estimate of drug-likeness (QED) is 0.682. The van der Waals surface area contributed by atoms with E-state index in [1.54, 1.807) is 7.05 Å². The van der Waals surface area contributed by atoms with Crippen molar-refractivity contribution in [3.05, 3.63) is 5.82 Å². The molecule has 0 bridgehead atoms. The molecule has 1 rings (SSSR count). The van der Waals surface area contributed by atoms with Gasteiger partial charge in [-0.2, -0.15) is 4.80 Å². The van der Waals surface area contributed by atoms with E-state index in [-0.39, 0.29) is 6.04 Å². The molecule has 14 heavy (non-hydrogen) atoms. The second-order valence-corrected chi connectivity index (χ2v) is 3.70. The van der Waals surface area contributed by atoms with Crippen LogP contribution < -0.4 is 5.73 Å². The van der Waals surface area contributed by atoms with Gasteiger partial charge >= 0.3 is 0 Å². The van der Waals surface area contributed by atoms with Crippen molar-refractivity contribution in [1.29, 1.82) is 0 Å². The number of aromatic nitrogens is 4. The van der Waals surface area contributed by atoms with Crippen LogP contribution in [-0.2, 0) is 13.6 Å². The summed E-state index contributed by atoms with van der Waals surface area (Å²) in [5, 5.41) is 11.8. The Kier molecular flexibility index (Phi) is 3.97. The number of tetrazole rings is 1. The highest BCUT2D eigenvalue weighted by molar-refractivity contribution is 4.76. The molecule has 0 fully saturated rings. The predicted molar refractivity (Wildman–Crippen MR) is 53.4 cm³/mol. The van der Waals surface area contributed by atoms with E-state index in [1.807, 2.05) is 14.0 Å². The summed E-state index contributed by atoms with van der Waals surface area (Å²) < 4.78 is 0.